The Morgan fingerprint density at radius 2 is 1.88 bits per heavy atom. The van der Waals surface area contributed by atoms with Crippen molar-refractivity contribution in [3.8, 4) is 0 Å². The standard InChI is InChI=1S/C20H20N2O2/c1-13-7-10-17-16(11-13)19(14-5-3-2-4-6-14)22(12-18(23)21-17)20(24)15-8-9-15/h2-7,10-11,15,19H,8-9,12H2,1H3,(H,21,23). The first kappa shape index (κ1) is 14.9. The van der Waals surface area contributed by atoms with Crippen molar-refractivity contribution in [2.45, 2.75) is 25.8 Å². The van der Waals surface area contributed by atoms with E-state index in [1.807, 2.05) is 49.4 Å². The lowest BCUT2D eigenvalue weighted by molar-refractivity contribution is -0.137. The summed E-state index contributed by atoms with van der Waals surface area (Å²) in [6.07, 6.45) is 1.86. The van der Waals surface area contributed by atoms with Crippen LogP contribution in [0.5, 0.6) is 0 Å². The maximum atomic E-state index is 12.9. The normalized spacial score (nSPS) is 20.1. The smallest absolute Gasteiger partial charge is 0.244 e. The number of rotatable bonds is 2. The van der Waals surface area contributed by atoms with E-state index in [9.17, 15) is 9.59 Å². The topological polar surface area (TPSA) is 49.4 Å². The van der Waals surface area contributed by atoms with Crippen molar-refractivity contribution in [1.82, 2.24) is 4.90 Å². The minimum Gasteiger partial charge on any atom is -0.324 e. The van der Waals surface area contributed by atoms with E-state index in [2.05, 4.69) is 11.4 Å². The quantitative estimate of drug-likeness (QED) is 0.923. The van der Waals surface area contributed by atoms with Gasteiger partial charge in [0.2, 0.25) is 11.8 Å². The van der Waals surface area contributed by atoms with Crippen LogP contribution >= 0.6 is 0 Å². The third kappa shape index (κ3) is 2.68. The molecule has 1 N–H and O–H groups in total. The van der Waals surface area contributed by atoms with Gasteiger partial charge in [-0.3, -0.25) is 9.59 Å². The van der Waals surface area contributed by atoms with Gasteiger partial charge >= 0.3 is 0 Å². The molecule has 2 aliphatic rings. The van der Waals surface area contributed by atoms with Gasteiger partial charge in [-0.1, -0.05) is 48.0 Å². The summed E-state index contributed by atoms with van der Waals surface area (Å²) in [7, 11) is 0. The number of nitrogens with one attached hydrogen (secondary N) is 1. The molecule has 122 valence electrons. The van der Waals surface area contributed by atoms with Crippen LogP contribution in [-0.2, 0) is 9.59 Å². The number of anilines is 1. The SMILES string of the molecule is Cc1ccc2c(c1)C(c1ccccc1)N(C(=O)C1CC1)CC(=O)N2. The van der Waals surface area contributed by atoms with Crippen molar-refractivity contribution in [3.05, 3.63) is 65.2 Å². The lowest BCUT2D eigenvalue weighted by Crippen LogP contribution is -2.39. The Labute approximate surface area is 141 Å². The fourth-order valence-corrected chi connectivity index (χ4v) is 3.39. The highest BCUT2D eigenvalue weighted by molar-refractivity contribution is 5.97. The molecular formula is C20H20N2O2. The molecule has 0 bridgehead atoms. The van der Waals surface area contributed by atoms with E-state index in [1.165, 1.54) is 0 Å². The van der Waals surface area contributed by atoms with E-state index in [0.29, 0.717) is 0 Å². The molecule has 0 radical (unpaired) electrons. The molecule has 4 nitrogen and oxygen atoms in total. The Balaban J connectivity index is 1.88. The summed E-state index contributed by atoms with van der Waals surface area (Å²) in [6, 6.07) is 15.7. The van der Waals surface area contributed by atoms with Gasteiger partial charge in [0.25, 0.3) is 0 Å². The molecule has 2 amide bonds. The third-order valence-electron chi connectivity index (χ3n) is 4.73. The second-order valence-corrected chi connectivity index (χ2v) is 6.69. The van der Waals surface area contributed by atoms with Crippen LogP contribution in [0.1, 0.15) is 35.6 Å². The van der Waals surface area contributed by atoms with E-state index < -0.39 is 0 Å². The molecule has 2 aromatic carbocycles. The van der Waals surface area contributed by atoms with Crippen LogP contribution in [-0.4, -0.2) is 23.3 Å². The summed E-state index contributed by atoms with van der Waals surface area (Å²) in [4.78, 5) is 27.0. The zero-order valence-electron chi connectivity index (χ0n) is 13.7. The van der Waals surface area contributed by atoms with Crippen LogP contribution in [0, 0.1) is 12.8 Å². The number of benzene rings is 2. The number of amides is 2. The monoisotopic (exact) mass is 320 g/mol. The van der Waals surface area contributed by atoms with Crippen LogP contribution < -0.4 is 5.32 Å². The van der Waals surface area contributed by atoms with Gasteiger partial charge in [0.1, 0.15) is 6.54 Å². The first-order valence-electron chi connectivity index (χ1n) is 8.39. The van der Waals surface area contributed by atoms with E-state index in [1.54, 1.807) is 4.90 Å². The molecule has 1 heterocycles. The average molecular weight is 320 g/mol. The highest BCUT2D eigenvalue weighted by Gasteiger charge is 2.40. The van der Waals surface area contributed by atoms with Crippen molar-refractivity contribution >= 4 is 17.5 Å². The molecule has 4 heteroatoms. The van der Waals surface area contributed by atoms with Gasteiger partial charge in [0.05, 0.1) is 6.04 Å². The van der Waals surface area contributed by atoms with Gasteiger partial charge in [-0.2, -0.15) is 0 Å². The first-order valence-corrected chi connectivity index (χ1v) is 8.39. The number of aryl methyl sites for hydroxylation is 1. The summed E-state index contributed by atoms with van der Waals surface area (Å²) < 4.78 is 0. The summed E-state index contributed by atoms with van der Waals surface area (Å²) in [5.41, 5.74) is 3.94. The second kappa shape index (κ2) is 5.78. The molecule has 4 rings (SSSR count). The zero-order valence-corrected chi connectivity index (χ0v) is 13.7. The van der Waals surface area contributed by atoms with Crippen molar-refractivity contribution in [3.63, 3.8) is 0 Å². The molecule has 2 aromatic rings. The number of carbonyl (C=O) groups is 2. The van der Waals surface area contributed by atoms with E-state index in [0.717, 1.165) is 35.2 Å². The number of hydrogen-bond acceptors (Lipinski definition) is 2. The van der Waals surface area contributed by atoms with E-state index in [4.69, 9.17) is 0 Å². The minimum absolute atomic E-state index is 0.0790. The van der Waals surface area contributed by atoms with Crippen molar-refractivity contribution in [2.24, 2.45) is 5.92 Å². The Bertz CT molecular complexity index is 797. The van der Waals surface area contributed by atoms with Crippen molar-refractivity contribution in [1.29, 1.82) is 0 Å². The molecule has 1 fully saturated rings. The number of hydrogen-bond donors (Lipinski definition) is 1. The average Bonchev–Trinajstić information content (AvgIpc) is 3.42. The molecule has 0 aromatic heterocycles. The molecule has 0 spiro atoms. The lowest BCUT2D eigenvalue weighted by Gasteiger charge is -2.31. The molecule has 0 saturated heterocycles. The molecule has 1 aliphatic carbocycles. The fraction of sp³-hybridized carbons (Fsp3) is 0.300. The van der Waals surface area contributed by atoms with Crippen LogP contribution in [0.3, 0.4) is 0 Å². The van der Waals surface area contributed by atoms with Gasteiger partial charge in [-0.25, -0.2) is 0 Å². The molecule has 1 atom stereocenters. The van der Waals surface area contributed by atoms with Gasteiger partial charge < -0.3 is 10.2 Å². The Morgan fingerprint density at radius 3 is 2.58 bits per heavy atom. The minimum atomic E-state index is -0.229. The van der Waals surface area contributed by atoms with Crippen LogP contribution in [0.15, 0.2) is 48.5 Å². The first-order chi connectivity index (χ1) is 11.6. The van der Waals surface area contributed by atoms with Gasteiger partial charge in [-0.05, 0) is 31.4 Å². The fourth-order valence-electron chi connectivity index (χ4n) is 3.39. The van der Waals surface area contributed by atoms with Crippen LogP contribution in [0.25, 0.3) is 0 Å². The number of fused-ring (bicyclic) bond motifs is 1. The van der Waals surface area contributed by atoms with Crippen molar-refractivity contribution in [2.75, 3.05) is 11.9 Å². The highest BCUT2D eigenvalue weighted by atomic mass is 16.2. The third-order valence-corrected chi connectivity index (χ3v) is 4.73. The predicted molar refractivity (Wildman–Crippen MR) is 92.5 cm³/mol. The van der Waals surface area contributed by atoms with Crippen LogP contribution in [0.2, 0.25) is 0 Å². The number of nitrogens with zero attached hydrogens (tertiary/aromatic N) is 1. The maximum Gasteiger partial charge on any atom is 0.244 e. The lowest BCUT2D eigenvalue weighted by atomic mass is 9.94. The number of carbonyl (C=O) groups excluding carboxylic acids is 2. The molecule has 1 unspecified atom stereocenters. The van der Waals surface area contributed by atoms with E-state index >= 15 is 0 Å². The molecule has 1 aliphatic heterocycles. The maximum absolute atomic E-state index is 12.9. The van der Waals surface area contributed by atoms with Gasteiger partial charge in [-0.15, -0.1) is 0 Å². The largest absolute Gasteiger partial charge is 0.324 e. The van der Waals surface area contributed by atoms with Crippen LogP contribution in [0.4, 0.5) is 5.69 Å². The van der Waals surface area contributed by atoms with Gasteiger partial charge in [0, 0.05) is 17.2 Å². The zero-order chi connectivity index (χ0) is 16.7. The van der Waals surface area contributed by atoms with Crippen molar-refractivity contribution < 1.29 is 9.59 Å². The van der Waals surface area contributed by atoms with Gasteiger partial charge in [0.15, 0.2) is 0 Å². The Hall–Kier alpha value is -2.62. The molecule has 1 saturated carbocycles. The summed E-state index contributed by atoms with van der Waals surface area (Å²) in [5, 5.41) is 2.96. The summed E-state index contributed by atoms with van der Waals surface area (Å²) >= 11 is 0. The second-order valence-electron chi connectivity index (χ2n) is 6.69. The van der Waals surface area contributed by atoms with E-state index in [-0.39, 0.29) is 30.3 Å². The molecular weight excluding hydrogens is 300 g/mol. The Morgan fingerprint density at radius 1 is 1.12 bits per heavy atom. The highest BCUT2D eigenvalue weighted by Crippen LogP contribution is 2.40. The molecule has 24 heavy (non-hydrogen) atoms. The predicted octanol–water partition coefficient (Wildman–Crippen LogP) is 3.28. The summed E-state index contributed by atoms with van der Waals surface area (Å²) in [6.45, 7) is 2.13. The summed E-state index contributed by atoms with van der Waals surface area (Å²) in [5.74, 6) is 0.0382. The Kier molecular flexibility index (Phi) is 3.60.